The van der Waals surface area contributed by atoms with Gasteiger partial charge in [-0.3, -0.25) is 0 Å². The van der Waals surface area contributed by atoms with Crippen LogP contribution in [-0.4, -0.2) is 12.4 Å². The lowest BCUT2D eigenvalue weighted by Crippen LogP contribution is -2.15. The first-order valence-corrected chi connectivity index (χ1v) is 7.45. The Balaban J connectivity index is 1.76. The van der Waals surface area contributed by atoms with Crippen LogP contribution in [0.1, 0.15) is 51.0 Å². The van der Waals surface area contributed by atoms with Crippen LogP contribution in [0, 0.1) is 5.92 Å². The van der Waals surface area contributed by atoms with Gasteiger partial charge >= 0.3 is 0 Å². The molecule has 2 heteroatoms. The number of carbonyl (C=O) groups is 1. The number of aryl methyl sites for hydroxylation is 1. The smallest absolute Gasteiger partial charge is 0.130 e. The zero-order valence-electron chi connectivity index (χ0n) is 11.9. The maximum atomic E-state index is 10.9. The van der Waals surface area contributed by atoms with Crippen molar-refractivity contribution in [2.24, 2.45) is 5.92 Å². The fraction of sp³-hybridized carbons (Fsp3) is 0.588. The standard InChI is InChI=1S/C17H24O2/c1-14(18)7-8-15-9-11-17(12-10-15)19-13-16-5-3-2-4-6-16/h9-12,16H,2-8,13H2,1H3. The number of ketones is 1. The lowest BCUT2D eigenvalue weighted by molar-refractivity contribution is -0.116. The van der Waals surface area contributed by atoms with E-state index in [9.17, 15) is 4.79 Å². The molecule has 2 rings (SSSR count). The summed E-state index contributed by atoms with van der Waals surface area (Å²) in [4.78, 5) is 10.9. The van der Waals surface area contributed by atoms with Crippen molar-refractivity contribution in [2.45, 2.75) is 51.9 Å². The van der Waals surface area contributed by atoms with Gasteiger partial charge in [0, 0.05) is 6.42 Å². The minimum atomic E-state index is 0.248. The molecule has 0 radical (unpaired) electrons. The average molecular weight is 260 g/mol. The molecule has 0 aromatic heterocycles. The highest BCUT2D eigenvalue weighted by atomic mass is 16.5. The largest absolute Gasteiger partial charge is 0.493 e. The van der Waals surface area contributed by atoms with Gasteiger partial charge in [0.1, 0.15) is 11.5 Å². The highest BCUT2D eigenvalue weighted by Gasteiger charge is 2.13. The lowest BCUT2D eigenvalue weighted by Gasteiger charge is -2.21. The van der Waals surface area contributed by atoms with Crippen LogP contribution < -0.4 is 4.74 Å². The van der Waals surface area contributed by atoms with Crippen LogP contribution >= 0.6 is 0 Å². The van der Waals surface area contributed by atoms with Gasteiger partial charge in [0.05, 0.1) is 6.61 Å². The molecule has 1 saturated carbocycles. The molecular formula is C17H24O2. The molecule has 0 heterocycles. The molecule has 0 amide bonds. The van der Waals surface area contributed by atoms with Crippen molar-refractivity contribution in [3.05, 3.63) is 29.8 Å². The minimum absolute atomic E-state index is 0.248. The number of ether oxygens (including phenoxy) is 1. The highest BCUT2D eigenvalue weighted by Crippen LogP contribution is 2.24. The Bertz CT molecular complexity index is 388. The van der Waals surface area contributed by atoms with Gasteiger partial charge in [0.15, 0.2) is 0 Å². The van der Waals surface area contributed by atoms with Gasteiger partial charge in [0.2, 0.25) is 0 Å². The van der Waals surface area contributed by atoms with Crippen molar-refractivity contribution in [2.75, 3.05) is 6.61 Å². The summed E-state index contributed by atoms with van der Waals surface area (Å²) >= 11 is 0. The zero-order chi connectivity index (χ0) is 13.5. The van der Waals surface area contributed by atoms with Crippen molar-refractivity contribution >= 4 is 5.78 Å². The highest BCUT2D eigenvalue weighted by molar-refractivity contribution is 5.75. The lowest BCUT2D eigenvalue weighted by atomic mass is 9.90. The third-order valence-electron chi connectivity index (χ3n) is 3.90. The van der Waals surface area contributed by atoms with Crippen molar-refractivity contribution in [3.63, 3.8) is 0 Å². The van der Waals surface area contributed by atoms with Gasteiger partial charge in [-0.25, -0.2) is 0 Å². The minimum Gasteiger partial charge on any atom is -0.493 e. The van der Waals surface area contributed by atoms with E-state index in [0.717, 1.165) is 24.7 Å². The van der Waals surface area contributed by atoms with Crippen LogP contribution in [-0.2, 0) is 11.2 Å². The predicted molar refractivity (Wildman–Crippen MR) is 77.5 cm³/mol. The molecule has 0 bridgehead atoms. The van der Waals surface area contributed by atoms with Crippen molar-refractivity contribution in [1.29, 1.82) is 0 Å². The number of hydrogen-bond acceptors (Lipinski definition) is 2. The van der Waals surface area contributed by atoms with Gasteiger partial charge in [-0.1, -0.05) is 31.4 Å². The third kappa shape index (κ3) is 5.06. The Morgan fingerprint density at radius 2 is 1.84 bits per heavy atom. The molecule has 1 aliphatic carbocycles. The molecule has 0 spiro atoms. The number of benzene rings is 1. The second-order valence-corrected chi connectivity index (χ2v) is 5.66. The second-order valence-electron chi connectivity index (χ2n) is 5.66. The van der Waals surface area contributed by atoms with Gasteiger partial charge < -0.3 is 9.53 Å². The molecule has 0 aliphatic heterocycles. The summed E-state index contributed by atoms with van der Waals surface area (Å²) in [5.41, 5.74) is 1.21. The fourth-order valence-corrected chi connectivity index (χ4v) is 2.64. The molecule has 0 saturated heterocycles. The predicted octanol–water partition coefficient (Wildman–Crippen LogP) is 4.17. The molecule has 19 heavy (non-hydrogen) atoms. The van der Waals surface area contributed by atoms with E-state index in [4.69, 9.17) is 4.74 Å². The quantitative estimate of drug-likeness (QED) is 0.767. The molecule has 0 unspecified atom stereocenters. The summed E-state index contributed by atoms with van der Waals surface area (Å²) in [6, 6.07) is 8.19. The molecule has 2 nitrogen and oxygen atoms in total. The van der Waals surface area contributed by atoms with Crippen LogP contribution in [0.2, 0.25) is 0 Å². The summed E-state index contributed by atoms with van der Waals surface area (Å²) in [6.45, 7) is 2.49. The first-order chi connectivity index (χ1) is 9.24. The summed E-state index contributed by atoms with van der Waals surface area (Å²) in [6.07, 6.45) is 8.20. The molecule has 1 fully saturated rings. The van der Waals surface area contributed by atoms with Crippen molar-refractivity contribution in [1.82, 2.24) is 0 Å². The molecule has 1 aromatic carbocycles. The molecule has 0 atom stereocenters. The Kier molecular flexibility index (Phi) is 5.44. The topological polar surface area (TPSA) is 26.3 Å². The monoisotopic (exact) mass is 260 g/mol. The second kappa shape index (κ2) is 7.32. The number of carbonyl (C=O) groups excluding carboxylic acids is 1. The average Bonchev–Trinajstić information content (AvgIpc) is 2.45. The Morgan fingerprint density at radius 3 is 2.47 bits per heavy atom. The Labute approximate surface area is 116 Å². The van der Waals surface area contributed by atoms with Crippen LogP contribution in [0.4, 0.5) is 0 Å². The summed E-state index contributed by atoms with van der Waals surface area (Å²) in [7, 11) is 0. The normalized spacial score (nSPS) is 16.3. The molecular weight excluding hydrogens is 236 g/mol. The Morgan fingerprint density at radius 1 is 1.16 bits per heavy atom. The zero-order valence-corrected chi connectivity index (χ0v) is 11.9. The van der Waals surface area contributed by atoms with E-state index in [2.05, 4.69) is 12.1 Å². The van der Waals surface area contributed by atoms with Crippen LogP contribution in [0.5, 0.6) is 5.75 Å². The SMILES string of the molecule is CC(=O)CCc1ccc(OCC2CCCCC2)cc1. The first kappa shape index (κ1) is 14.1. The van der Waals surface area contributed by atoms with Crippen molar-refractivity contribution < 1.29 is 9.53 Å². The van der Waals surface area contributed by atoms with E-state index >= 15 is 0 Å². The summed E-state index contributed by atoms with van der Waals surface area (Å²) in [5.74, 6) is 1.95. The third-order valence-corrected chi connectivity index (χ3v) is 3.90. The number of hydrogen-bond donors (Lipinski definition) is 0. The molecule has 1 aliphatic rings. The van der Waals surface area contributed by atoms with Gasteiger partial charge in [-0.05, 0) is 49.8 Å². The van der Waals surface area contributed by atoms with Crippen LogP contribution in [0.15, 0.2) is 24.3 Å². The van der Waals surface area contributed by atoms with E-state index < -0.39 is 0 Å². The van der Waals surface area contributed by atoms with Gasteiger partial charge in [0.25, 0.3) is 0 Å². The molecule has 0 N–H and O–H groups in total. The van der Waals surface area contributed by atoms with E-state index in [1.165, 1.54) is 37.7 Å². The first-order valence-electron chi connectivity index (χ1n) is 7.45. The van der Waals surface area contributed by atoms with E-state index in [1.54, 1.807) is 6.92 Å². The van der Waals surface area contributed by atoms with Crippen molar-refractivity contribution in [3.8, 4) is 5.75 Å². The fourth-order valence-electron chi connectivity index (χ4n) is 2.64. The Hall–Kier alpha value is -1.31. The molecule has 1 aromatic rings. The van der Waals surface area contributed by atoms with E-state index in [-0.39, 0.29) is 5.78 Å². The number of rotatable bonds is 6. The summed E-state index contributed by atoms with van der Waals surface area (Å²) in [5, 5.41) is 0. The van der Waals surface area contributed by atoms with E-state index in [0.29, 0.717) is 6.42 Å². The molecule has 104 valence electrons. The summed E-state index contributed by atoms with van der Waals surface area (Å²) < 4.78 is 5.86. The van der Waals surface area contributed by atoms with Crippen LogP contribution in [0.25, 0.3) is 0 Å². The maximum absolute atomic E-state index is 10.9. The maximum Gasteiger partial charge on any atom is 0.130 e. The van der Waals surface area contributed by atoms with Crippen LogP contribution in [0.3, 0.4) is 0 Å². The van der Waals surface area contributed by atoms with E-state index in [1.807, 2.05) is 12.1 Å². The van der Waals surface area contributed by atoms with Gasteiger partial charge in [-0.15, -0.1) is 0 Å². The number of Topliss-reactive ketones (excluding diaryl/α,β-unsaturated/α-hetero) is 1. The van der Waals surface area contributed by atoms with Gasteiger partial charge in [-0.2, -0.15) is 0 Å².